The third-order valence-electron chi connectivity index (χ3n) is 2.36. The van der Waals surface area contributed by atoms with Crippen LogP contribution in [0.3, 0.4) is 0 Å². The second-order valence-corrected chi connectivity index (χ2v) is 3.39. The minimum atomic E-state index is -1.45. The Balaban J connectivity index is 2.33. The minimum absolute atomic E-state index is 0.00954. The highest BCUT2D eigenvalue weighted by Gasteiger charge is 2.36. The molecule has 1 atom stereocenters. The van der Waals surface area contributed by atoms with Gasteiger partial charge in [-0.1, -0.05) is 0 Å². The highest BCUT2D eigenvalue weighted by atomic mass is 19.1. The number of hydrogen-bond acceptors (Lipinski definition) is 3. The number of rotatable bonds is 8. The molecule has 1 unspecified atom stereocenters. The molecule has 100 valence electrons. The van der Waals surface area contributed by atoms with Gasteiger partial charge in [0.1, 0.15) is 0 Å². The quantitative estimate of drug-likeness (QED) is 0.479. The largest absolute Gasteiger partial charge is 0.349 e. The molecular formula is C9H15F3N2O3. The molecule has 1 heterocycles. The summed E-state index contributed by atoms with van der Waals surface area (Å²) in [6.07, 6.45) is -1.45. The first kappa shape index (κ1) is 14.0. The average Bonchev–Trinajstić information content (AvgIpc) is 2.57. The summed E-state index contributed by atoms with van der Waals surface area (Å²) in [6, 6.07) is -0.512. The molecule has 8 heteroatoms. The normalized spacial score (nSPS) is 20.4. The number of carbonyl (C=O) groups is 1. The summed E-state index contributed by atoms with van der Waals surface area (Å²) >= 11 is 0. The van der Waals surface area contributed by atoms with Crippen LogP contribution in [0, 0.1) is 0 Å². The van der Waals surface area contributed by atoms with Gasteiger partial charge in [-0.15, -0.1) is 0 Å². The van der Waals surface area contributed by atoms with Crippen LogP contribution in [-0.4, -0.2) is 68.7 Å². The maximum Gasteiger partial charge on any atom is 0.322 e. The van der Waals surface area contributed by atoms with E-state index in [1.165, 1.54) is 4.90 Å². The minimum Gasteiger partial charge on any atom is -0.349 e. The van der Waals surface area contributed by atoms with Crippen LogP contribution in [0.5, 0.6) is 0 Å². The van der Waals surface area contributed by atoms with Crippen molar-refractivity contribution in [3.05, 3.63) is 0 Å². The van der Waals surface area contributed by atoms with Crippen molar-refractivity contribution < 1.29 is 27.4 Å². The fourth-order valence-corrected chi connectivity index (χ4v) is 1.53. The first-order valence-corrected chi connectivity index (χ1v) is 5.17. The van der Waals surface area contributed by atoms with E-state index in [4.69, 9.17) is 0 Å². The molecule has 1 rings (SSSR count). The Bertz CT molecular complexity index is 246. The molecular weight excluding hydrogens is 241 g/mol. The van der Waals surface area contributed by atoms with Gasteiger partial charge in [-0.2, -0.15) is 0 Å². The van der Waals surface area contributed by atoms with Crippen molar-refractivity contribution in [3.8, 4) is 0 Å². The maximum absolute atomic E-state index is 13.4. The summed E-state index contributed by atoms with van der Waals surface area (Å²) < 4.78 is 45.6. The van der Waals surface area contributed by atoms with Crippen molar-refractivity contribution in [1.82, 2.24) is 9.80 Å². The summed E-state index contributed by atoms with van der Waals surface area (Å²) in [4.78, 5) is 13.8. The lowest BCUT2D eigenvalue weighted by atomic mass is 10.5. The van der Waals surface area contributed by atoms with Crippen LogP contribution >= 0.6 is 0 Å². The van der Waals surface area contributed by atoms with Crippen LogP contribution in [0.1, 0.15) is 0 Å². The molecule has 0 N–H and O–H groups in total. The van der Waals surface area contributed by atoms with E-state index in [-0.39, 0.29) is 32.8 Å². The first-order chi connectivity index (χ1) is 8.20. The van der Waals surface area contributed by atoms with E-state index in [1.807, 2.05) is 0 Å². The SMILES string of the molecule is O=C1N(CCOCF)CC(F)N1CCOCF. The second kappa shape index (κ2) is 7.33. The summed E-state index contributed by atoms with van der Waals surface area (Å²) in [5, 5.41) is 0. The average molecular weight is 256 g/mol. The van der Waals surface area contributed by atoms with Gasteiger partial charge in [0, 0.05) is 13.1 Å². The molecule has 0 aromatic rings. The van der Waals surface area contributed by atoms with E-state index >= 15 is 0 Å². The summed E-state index contributed by atoms with van der Waals surface area (Å²) in [5.74, 6) is 0. The van der Waals surface area contributed by atoms with Gasteiger partial charge in [0.2, 0.25) is 0 Å². The topological polar surface area (TPSA) is 42.0 Å². The number of carbonyl (C=O) groups excluding carboxylic acids is 1. The summed E-state index contributed by atoms with van der Waals surface area (Å²) in [5.41, 5.74) is 0. The zero-order chi connectivity index (χ0) is 12.7. The summed E-state index contributed by atoms with van der Waals surface area (Å²) in [7, 11) is 0. The maximum atomic E-state index is 13.4. The predicted octanol–water partition coefficient (Wildman–Crippen LogP) is 0.907. The molecule has 0 bridgehead atoms. The number of hydrogen-bond donors (Lipinski definition) is 0. The molecule has 1 saturated heterocycles. The highest BCUT2D eigenvalue weighted by molar-refractivity contribution is 5.76. The molecule has 1 fully saturated rings. The van der Waals surface area contributed by atoms with Crippen LogP contribution in [0.25, 0.3) is 0 Å². The molecule has 17 heavy (non-hydrogen) atoms. The van der Waals surface area contributed by atoms with Crippen LogP contribution in [0.4, 0.5) is 18.0 Å². The van der Waals surface area contributed by atoms with Crippen molar-refractivity contribution in [2.45, 2.75) is 6.30 Å². The van der Waals surface area contributed by atoms with Crippen molar-refractivity contribution in [1.29, 1.82) is 0 Å². The smallest absolute Gasteiger partial charge is 0.322 e. The van der Waals surface area contributed by atoms with Gasteiger partial charge in [-0.3, -0.25) is 4.90 Å². The van der Waals surface area contributed by atoms with E-state index in [0.29, 0.717) is 0 Å². The van der Waals surface area contributed by atoms with Gasteiger partial charge in [0.25, 0.3) is 0 Å². The Morgan fingerprint density at radius 2 is 1.76 bits per heavy atom. The second-order valence-electron chi connectivity index (χ2n) is 3.39. The third kappa shape index (κ3) is 4.04. The predicted molar refractivity (Wildman–Crippen MR) is 52.4 cm³/mol. The summed E-state index contributed by atoms with van der Waals surface area (Å²) in [6.45, 7) is -1.92. The van der Waals surface area contributed by atoms with Crippen LogP contribution in [-0.2, 0) is 9.47 Å². The Hall–Kier alpha value is -1.02. The standard InChI is InChI=1S/C9H15F3N2O3/c10-6-16-3-1-13-5-8(12)14(9(13)15)2-4-17-7-11/h8H,1-7H2. The van der Waals surface area contributed by atoms with E-state index < -0.39 is 26.0 Å². The zero-order valence-corrected chi connectivity index (χ0v) is 9.28. The van der Waals surface area contributed by atoms with Crippen molar-refractivity contribution in [2.24, 2.45) is 0 Å². The lowest BCUT2D eigenvalue weighted by molar-refractivity contribution is 0.0357. The molecule has 0 spiro atoms. The molecule has 0 aromatic carbocycles. The number of ether oxygens (including phenoxy) is 2. The third-order valence-corrected chi connectivity index (χ3v) is 2.36. The zero-order valence-electron chi connectivity index (χ0n) is 9.28. The molecule has 0 saturated carbocycles. The van der Waals surface area contributed by atoms with Crippen LogP contribution in [0.15, 0.2) is 0 Å². The molecule has 5 nitrogen and oxygen atoms in total. The van der Waals surface area contributed by atoms with Gasteiger partial charge in [0.05, 0.1) is 19.8 Å². The number of alkyl halides is 3. The van der Waals surface area contributed by atoms with Crippen molar-refractivity contribution in [3.63, 3.8) is 0 Å². The fourth-order valence-electron chi connectivity index (χ4n) is 1.53. The Kier molecular flexibility index (Phi) is 6.06. The molecule has 1 aliphatic rings. The highest BCUT2D eigenvalue weighted by Crippen LogP contribution is 2.16. The van der Waals surface area contributed by atoms with E-state index in [0.717, 1.165) is 4.90 Å². The van der Waals surface area contributed by atoms with Gasteiger partial charge in [-0.25, -0.2) is 18.0 Å². The van der Waals surface area contributed by atoms with Crippen LogP contribution in [0.2, 0.25) is 0 Å². The van der Waals surface area contributed by atoms with Crippen molar-refractivity contribution in [2.75, 3.05) is 46.6 Å². The Morgan fingerprint density at radius 3 is 2.35 bits per heavy atom. The number of amides is 2. The molecule has 0 aromatic heterocycles. The van der Waals surface area contributed by atoms with Crippen LogP contribution < -0.4 is 0 Å². The lowest BCUT2D eigenvalue weighted by Crippen LogP contribution is -2.37. The number of halogens is 3. The van der Waals surface area contributed by atoms with E-state index in [2.05, 4.69) is 9.47 Å². The fraction of sp³-hybridized carbons (Fsp3) is 0.889. The van der Waals surface area contributed by atoms with E-state index in [9.17, 15) is 18.0 Å². The lowest BCUT2D eigenvalue weighted by Gasteiger charge is -2.18. The van der Waals surface area contributed by atoms with Crippen molar-refractivity contribution >= 4 is 6.03 Å². The molecule has 0 aliphatic carbocycles. The Morgan fingerprint density at radius 1 is 1.18 bits per heavy atom. The van der Waals surface area contributed by atoms with Gasteiger partial charge in [-0.05, 0) is 0 Å². The van der Waals surface area contributed by atoms with Gasteiger partial charge < -0.3 is 14.4 Å². The Labute approximate surface area is 97.1 Å². The van der Waals surface area contributed by atoms with Gasteiger partial charge in [0.15, 0.2) is 20.0 Å². The number of nitrogens with zero attached hydrogens (tertiary/aromatic N) is 2. The molecule has 2 amide bonds. The number of urea groups is 1. The monoisotopic (exact) mass is 256 g/mol. The van der Waals surface area contributed by atoms with Gasteiger partial charge >= 0.3 is 6.03 Å². The molecule has 1 aliphatic heterocycles. The first-order valence-electron chi connectivity index (χ1n) is 5.17. The molecule has 0 radical (unpaired) electrons. The van der Waals surface area contributed by atoms with E-state index in [1.54, 1.807) is 0 Å².